The van der Waals surface area contributed by atoms with Crippen molar-refractivity contribution >= 4 is 0 Å². The number of rotatable bonds is 7. The van der Waals surface area contributed by atoms with E-state index in [1.807, 2.05) is 6.92 Å². The number of benzene rings is 1. The largest absolute Gasteiger partial charge is 0.490 e. The third kappa shape index (κ3) is 6.22. The predicted molar refractivity (Wildman–Crippen MR) is 119 cm³/mol. The number of hydrogen-bond acceptors (Lipinski definition) is 1. The Labute approximate surface area is 182 Å². The van der Waals surface area contributed by atoms with Crippen molar-refractivity contribution in [2.75, 3.05) is 6.61 Å². The van der Waals surface area contributed by atoms with E-state index in [1.54, 1.807) is 6.07 Å². The first-order chi connectivity index (χ1) is 14.6. The molecule has 0 amide bonds. The molecule has 0 aromatic heterocycles. The van der Waals surface area contributed by atoms with Gasteiger partial charge in [0.2, 0.25) is 5.82 Å². The second kappa shape index (κ2) is 11.7. The average Bonchev–Trinajstić information content (AvgIpc) is 2.79. The first kappa shape index (κ1) is 23.1. The van der Waals surface area contributed by atoms with E-state index in [1.165, 1.54) is 63.9 Å². The van der Waals surface area contributed by atoms with Crippen LogP contribution in [0.1, 0.15) is 96.5 Å². The Balaban J connectivity index is 1.48. The van der Waals surface area contributed by atoms with Gasteiger partial charge in [-0.25, -0.2) is 4.39 Å². The fourth-order valence-corrected chi connectivity index (χ4v) is 5.31. The summed E-state index contributed by atoms with van der Waals surface area (Å²) in [7, 11) is 0. The molecule has 3 rings (SSSR count). The molecule has 30 heavy (non-hydrogen) atoms. The minimum Gasteiger partial charge on any atom is -0.490 e. The molecule has 2 aliphatic rings. The summed E-state index contributed by atoms with van der Waals surface area (Å²) in [4.78, 5) is 0. The minimum absolute atomic E-state index is 0.0233. The molecule has 0 unspecified atom stereocenters. The summed E-state index contributed by atoms with van der Waals surface area (Å²) in [5, 5.41) is 0. The maximum atomic E-state index is 14.3. The Morgan fingerprint density at radius 1 is 0.867 bits per heavy atom. The van der Waals surface area contributed by atoms with Crippen LogP contribution in [0.3, 0.4) is 0 Å². The molecule has 2 fully saturated rings. The highest BCUT2D eigenvalue weighted by Gasteiger charge is 2.30. The lowest BCUT2D eigenvalue weighted by Gasteiger charge is -2.37. The van der Waals surface area contributed by atoms with Crippen molar-refractivity contribution < 1.29 is 13.5 Å². The summed E-state index contributed by atoms with van der Waals surface area (Å²) in [6.45, 7) is 4.60. The lowest BCUT2D eigenvalue weighted by molar-refractivity contribution is 0.153. The molecular weight excluding hydrogens is 378 g/mol. The van der Waals surface area contributed by atoms with Gasteiger partial charge >= 0.3 is 0 Å². The smallest absolute Gasteiger partial charge is 0.201 e. The van der Waals surface area contributed by atoms with E-state index in [9.17, 15) is 8.78 Å². The summed E-state index contributed by atoms with van der Waals surface area (Å²) in [5.74, 6) is 7.32. The van der Waals surface area contributed by atoms with Gasteiger partial charge in [0.25, 0.3) is 0 Å². The van der Waals surface area contributed by atoms with E-state index in [-0.39, 0.29) is 11.3 Å². The molecule has 0 bridgehead atoms. The monoisotopic (exact) mass is 416 g/mol. The molecule has 0 heterocycles. The fourth-order valence-electron chi connectivity index (χ4n) is 5.31. The van der Waals surface area contributed by atoms with Gasteiger partial charge in [-0.2, -0.15) is 4.39 Å². The second-order valence-electron chi connectivity index (χ2n) is 9.39. The van der Waals surface area contributed by atoms with E-state index in [0.29, 0.717) is 12.5 Å². The van der Waals surface area contributed by atoms with Crippen molar-refractivity contribution in [1.29, 1.82) is 0 Å². The minimum atomic E-state index is -0.923. The van der Waals surface area contributed by atoms with Gasteiger partial charge in [-0.3, -0.25) is 0 Å². The van der Waals surface area contributed by atoms with Crippen LogP contribution in [0.2, 0.25) is 0 Å². The van der Waals surface area contributed by atoms with Gasteiger partial charge in [0, 0.05) is 5.92 Å². The highest BCUT2D eigenvalue weighted by atomic mass is 19.2. The van der Waals surface area contributed by atoms with Crippen LogP contribution < -0.4 is 4.74 Å². The maximum Gasteiger partial charge on any atom is 0.201 e. The van der Waals surface area contributed by atoms with E-state index < -0.39 is 11.6 Å². The maximum absolute atomic E-state index is 14.3. The number of halogens is 2. The van der Waals surface area contributed by atoms with Crippen LogP contribution in [0, 0.1) is 47.1 Å². The van der Waals surface area contributed by atoms with E-state index in [2.05, 4.69) is 18.8 Å². The molecule has 3 heteroatoms. The molecule has 0 N–H and O–H groups in total. The third-order valence-electron chi connectivity index (χ3n) is 7.22. The Kier molecular flexibility index (Phi) is 9.04. The molecule has 2 aliphatic carbocycles. The van der Waals surface area contributed by atoms with Gasteiger partial charge in [0.15, 0.2) is 11.6 Å². The summed E-state index contributed by atoms with van der Waals surface area (Å²) in [5.41, 5.74) is 0.142. The number of unbranched alkanes of at least 4 members (excludes halogenated alkanes) is 1. The van der Waals surface area contributed by atoms with Crippen molar-refractivity contribution in [3.8, 4) is 17.6 Å². The molecule has 0 atom stereocenters. The third-order valence-corrected chi connectivity index (χ3v) is 7.22. The van der Waals surface area contributed by atoms with Crippen LogP contribution in [0.25, 0.3) is 0 Å². The standard InChI is InChI=1S/C27H38F2O/c1-3-5-6-20-7-12-22(13-8-20)23-14-9-21(10-15-23)11-16-24-17-18-25(30-19-4-2)27(29)26(24)28/h17-18,20-23H,3-10,12-15,19H2,1-2H3/t20-,21-,22-,23-. The molecule has 0 spiro atoms. The van der Waals surface area contributed by atoms with E-state index >= 15 is 0 Å². The van der Waals surface area contributed by atoms with Crippen LogP contribution in [0.4, 0.5) is 8.78 Å². The quantitative estimate of drug-likeness (QED) is 0.410. The summed E-state index contributed by atoms with van der Waals surface area (Å²) in [6, 6.07) is 3.03. The van der Waals surface area contributed by atoms with Crippen LogP contribution in [0.15, 0.2) is 12.1 Å². The normalized spacial score (nSPS) is 26.7. The van der Waals surface area contributed by atoms with Crippen molar-refractivity contribution in [3.63, 3.8) is 0 Å². The van der Waals surface area contributed by atoms with Crippen LogP contribution in [0.5, 0.6) is 5.75 Å². The van der Waals surface area contributed by atoms with Crippen LogP contribution in [-0.2, 0) is 0 Å². The molecule has 1 aromatic rings. The molecule has 1 nitrogen and oxygen atoms in total. The Morgan fingerprint density at radius 3 is 2.17 bits per heavy atom. The molecular formula is C27H38F2O. The SMILES string of the molecule is CCCC[C@H]1CC[C@H]([C@H]2CC[C@H](C#Cc3ccc(OCCC)c(F)c3F)CC2)CC1. The topological polar surface area (TPSA) is 9.23 Å². The van der Waals surface area contributed by atoms with E-state index in [4.69, 9.17) is 4.74 Å². The van der Waals surface area contributed by atoms with Gasteiger partial charge in [-0.1, -0.05) is 57.8 Å². The van der Waals surface area contributed by atoms with Crippen LogP contribution >= 0.6 is 0 Å². The van der Waals surface area contributed by atoms with Crippen molar-refractivity contribution in [1.82, 2.24) is 0 Å². The van der Waals surface area contributed by atoms with Gasteiger partial charge in [-0.05, 0) is 74.8 Å². The Morgan fingerprint density at radius 2 is 1.53 bits per heavy atom. The average molecular weight is 417 g/mol. The first-order valence-corrected chi connectivity index (χ1v) is 12.2. The van der Waals surface area contributed by atoms with Crippen LogP contribution in [-0.4, -0.2) is 6.61 Å². The highest BCUT2D eigenvalue weighted by Crippen LogP contribution is 2.42. The van der Waals surface area contributed by atoms with Gasteiger partial charge < -0.3 is 4.74 Å². The van der Waals surface area contributed by atoms with Crippen molar-refractivity contribution in [3.05, 3.63) is 29.3 Å². The summed E-state index contributed by atoms with van der Waals surface area (Å²) in [6.07, 6.45) is 15.2. The molecule has 0 saturated heterocycles. The summed E-state index contributed by atoms with van der Waals surface area (Å²) < 4.78 is 33.7. The zero-order valence-corrected chi connectivity index (χ0v) is 18.8. The predicted octanol–water partition coefficient (Wildman–Crippen LogP) is 7.91. The lowest BCUT2D eigenvalue weighted by Crippen LogP contribution is -2.25. The zero-order chi connectivity index (χ0) is 21.3. The number of ether oxygens (including phenoxy) is 1. The Hall–Kier alpha value is -1.56. The van der Waals surface area contributed by atoms with Gasteiger partial charge in [-0.15, -0.1) is 0 Å². The molecule has 1 aromatic carbocycles. The second-order valence-corrected chi connectivity index (χ2v) is 9.39. The van der Waals surface area contributed by atoms with Gasteiger partial charge in [0.05, 0.1) is 12.2 Å². The highest BCUT2D eigenvalue weighted by molar-refractivity contribution is 5.41. The van der Waals surface area contributed by atoms with Crippen molar-refractivity contribution in [2.24, 2.45) is 23.7 Å². The van der Waals surface area contributed by atoms with E-state index in [0.717, 1.165) is 37.0 Å². The first-order valence-electron chi connectivity index (χ1n) is 12.2. The zero-order valence-electron chi connectivity index (χ0n) is 18.8. The number of hydrogen-bond donors (Lipinski definition) is 0. The lowest BCUT2D eigenvalue weighted by atomic mass is 9.69. The molecule has 2 saturated carbocycles. The fraction of sp³-hybridized carbons (Fsp3) is 0.704. The van der Waals surface area contributed by atoms with Gasteiger partial charge in [0.1, 0.15) is 0 Å². The molecule has 166 valence electrons. The molecule has 0 radical (unpaired) electrons. The van der Waals surface area contributed by atoms with Crippen molar-refractivity contribution in [2.45, 2.75) is 90.9 Å². The summed E-state index contributed by atoms with van der Waals surface area (Å²) >= 11 is 0. The Bertz CT molecular complexity index is 716. The molecule has 0 aliphatic heterocycles.